The zero-order chi connectivity index (χ0) is 18.4. The molecule has 0 amide bonds. The van der Waals surface area contributed by atoms with E-state index in [0.717, 1.165) is 35.4 Å². The van der Waals surface area contributed by atoms with E-state index in [2.05, 4.69) is 55.2 Å². The normalized spacial score (nSPS) is 11.7. The highest BCUT2D eigenvalue weighted by molar-refractivity contribution is 5.76. The number of hydrogen-bond donors (Lipinski definition) is 1. The second kappa shape index (κ2) is 8.15. The Labute approximate surface area is 151 Å². The number of hydrogen-bond acceptors (Lipinski definition) is 1. The van der Waals surface area contributed by atoms with Crippen LogP contribution in [-0.4, -0.2) is 0 Å². The molecule has 0 unspecified atom stereocenters. The fourth-order valence-corrected chi connectivity index (χ4v) is 2.63. The van der Waals surface area contributed by atoms with Crippen molar-refractivity contribution in [3.8, 4) is 0 Å². The Bertz CT molecular complexity index is 749. The highest BCUT2D eigenvalue weighted by Gasteiger charge is 2.19. The molecular formula is C23H28FN. The van der Waals surface area contributed by atoms with Crippen molar-refractivity contribution in [1.29, 1.82) is 0 Å². The lowest BCUT2D eigenvalue weighted by Gasteiger charge is -2.18. The molecule has 1 N–H and O–H groups in total. The van der Waals surface area contributed by atoms with E-state index >= 15 is 0 Å². The maximum atomic E-state index is 14.3. The van der Waals surface area contributed by atoms with Crippen LogP contribution in [-0.2, 0) is 5.67 Å². The van der Waals surface area contributed by atoms with Gasteiger partial charge in [-0.05, 0) is 61.6 Å². The Morgan fingerprint density at radius 3 is 2.44 bits per heavy atom. The lowest BCUT2D eigenvalue weighted by Crippen LogP contribution is -2.10. The third-order valence-corrected chi connectivity index (χ3v) is 4.08. The lowest BCUT2D eigenvalue weighted by molar-refractivity contribution is 0.221. The van der Waals surface area contributed by atoms with E-state index in [1.54, 1.807) is 13.8 Å². The minimum atomic E-state index is -1.36. The average molecular weight is 337 g/mol. The van der Waals surface area contributed by atoms with Crippen molar-refractivity contribution in [1.82, 2.24) is 0 Å². The van der Waals surface area contributed by atoms with E-state index < -0.39 is 5.67 Å². The van der Waals surface area contributed by atoms with E-state index in [0.29, 0.717) is 5.56 Å². The molecule has 0 atom stereocenters. The van der Waals surface area contributed by atoms with Gasteiger partial charge in [0.15, 0.2) is 0 Å². The van der Waals surface area contributed by atoms with Crippen LogP contribution in [0.5, 0.6) is 0 Å². The first-order chi connectivity index (χ1) is 11.8. The van der Waals surface area contributed by atoms with Crippen LogP contribution in [0.15, 0.2) is 55.1 Å². The van der Waals surface area contributed by atoms with E-state index in [1.165, 1.54) is 5.56 Å². The second-order valence-corrected chi connectivity index (χ2v) is 6.98. The zero-order valence-corrected chi connectivity index (χ0v) is 15.7. The summed E-state index contributed by atoms with van der Waals surface area (Å²) in [7, 11) is 0. The maximum Gasteiger partial charge on any atom is 0.130 e. The van der Waals surface area contributed by atoms with E-state index in [-0.39, 0.29) is 0 Å². The molecule has 0 saturated carbocycles. The number of anilines is 1. The van der Waals surface area contributed by atoms with Crippen LogP contribution in [0.25, 0.3) is 11.8 Å². The molecule has 0 aliphatic carbocycles. The van der Waals surface area contributed by atoms with Gasteiger partial charge >= 0.3 is 0 Å². The molecule has 0 aromatic heterocycles. The van der Waals surface area contributed by atoms with Gasteiger partial charge in [0, 0.05) is 11.4 Å². The number of alkyl halides is 1. The zero-order valence-electron chi connectivity index (χ0n) is 15.7. The Hall–Kier alpha value is -2.35. The van der Waals surface area contributed by atoms with Crippen molar-refractivity contribution in [3.05, 3.63) is 77.4 Å². The fraction of sp³-hybridized carbons (Fsp3) is 0.304. The third kappa shape index (κ3) is 5.60. The number of rotatable bonds is 7. The summed E-state index contributed by atoms with van der Waals surface area (Å²) in [6.07, 6.45) is 6.58. The van der Waals surface area contributed by atoms with Crippen LogP contribution in [0.4, 0.5) is 10.1 Å². The van der Waals surface area contributed by atoms with Gasteiger partial charge in [-0.25, -0.2) is 4.39 Å². The number of allylic oxidation sites excluding steroid dienone is 1. The molecule has 25 heavy (non-hydrogen) atoms. The molecule has 2 rings (SSSR count). The smallest absolute Gasteiger partial charge is 0.130 e. The van der Waals surface area contributed by atoms with Crippen molar-refractivity contribution in [2.75, 3.05) is 5.32 Å². The van der Waals surface area contributed by atoms with Crippen molar-refractivity contribution in [2.45, 2.75) is 46.2 Å². The first kappa shape index (κ1) is 19.0. The molecule has 2 aromatic rings. The number of halogens is 1. The molecule has 0 fully saturated rings. The molecule has 2 heteroatoms. The monoisotopic (exact) mass is 337 g/mol. The van der Waals surface area contributed by atoms with Crippen LogP contribution < -0.4 is 5.32 Å². The van der Waals surface area contributed by atoms with Crippen LogP contribution in [0, 0.1) is 6.92 Å². The Morgan fingerprint density at radius 2 is 1.84 bits per heavy atom. The molecule has 2 aromatic carbocycles. The summed E-state index contributed by atoms with van der Waals surface area (Å²) in [5.74, 6) is 0. The molecule has 0 bridgehead atoms. The number of benzene rings is 2. The number of unbranched alkanes of at least 4 members (excludes halogenated alkanes) is 1. The minimum Gasteiger partial charge on any atom is -0.356 e. The van der Waals surface area contributed by atoms with E-state index in [9.17, 15) is 4.39 Å². The summed E-state index contributed by atoms with van der Waals surface area (Å²) >= 11 is 0. The summed E-state index contributed by atoms with van der Waals surface area (Å²) in [4.78, 5) is 0. The molecule has 1 nitrogen and oxygen atoms in total. The SMILES string of the molecule is C=C(Nc1cc(C)cc(C(C)(C)F)c1)c1ccc(/C=C/CCC)cc1. The maximum absolute atomic E-state index is 14.3. The van der Waals surface area contributed by atoms with Crippen LogP contribution >= 0.6 is 0 Å². The first-order valence-corrected chi connectivity index (χ1v) is 8.83. The molecule has 0 radical (unpaired) electrons. The van der Waals surface area contributed by atoms with Gasteiger partial charge in [0.05, 0.1) is 0 Å². The summed E-state index contributed by atoms with van der Waals surface area (Å²) in [6.45, 7) is 11.4. The van der Waals surface area contributed by atoms with Gasteiger partial charge in [0.25, 0.3) is 0 Å². The van der Waals surface area contributed by atoms with Crippen LogP contribution in [0.3, 0.4) is 0 Å². The number of aryl methyl sites for hydroxylation is 1. The summed E-state index contributed by atoms with van der Waals surface area (Å²) in [5.41, 5.74) is 4.19. The highest BCUT2D eigenvalue weighted by atomic mass is 19.1. The molecule has 0 saturated heterocycles. The Kier molecular flexibility index (Phi) is 6.19. The van der Waals surface area contributed by atoms with Gasteiger partial charge in [0.2, 0.25) is 0 Å². The third-order valence-electron chi connectivity index (χ3n) is 4.08. The number of nitrogens with one attached hydrogen (secondary N) is 1. The van der Waals surface area contributed by atoms with Gasteiger partial charge < -0.3 is 5.32 Å². The van der Waals surface area contributed by atoms with Gasteiger partial charge in [-0.15, -0.1) is 0 Å². The Morgan fingerprint density at radius 1 is 1.16 bits per heavy atom. The van der Waals surface area contributed by atoms with Crippen molar-refractivity contribution in [2.24, 2.45) is 0 Å². The van der Waals surface area contributed by atoms with E-state index in [1.807, 2.05) is 25.1 Å². The lowest BCUT2D eigenvalue weighted by atomic mass is 9.97. The molecule has 0 aliphatic heterocycles. The van der Waals surface area contributed by atoms with Gasteiger partial charge in [-0.1, -0.05) is 62.4 Å². The molecular weight excluding hydrogens is 309 g/mol. The van der Waals surface area contributed by atoms with Gasteiger partial charge in [-0.3, -0.25) is 0 Å². The van der Waals surface area contributed by atoms with Crippen LogP contribution in [0.2, 0.25) is 0 Å². The fourth-order valence-electron chi connectivity index (χ4n) is 2.63. The van der Waals surface area contributed by atoms with Crippen molar-refractivity contribution in [3.63, 3.8) is 0 Å². The largest absolute Gasteiger partial charge is 0.356 e. The van der Waals surface area contributed by atoms with Crippen LogP contribution in [0.1, 0.15) is 55.9 Å². The minimum absolute atomic E-state index is 0.666. The first-order valence-electron chi connectivity index (χ1n) is 8.83. The standard InChI is InChI=1S/C23H28FN/c1-6-7-8-9-19-10-12-20(13-11-19)18(3)25-22-15-17(2)14-21(16-22)23(4,5)24/h8-16,25H,3,6-7H2,1-2,4-5H3/b9-8+. The Balaban J connectivity index is 2.13. The van der Waals surface area contributed by atoms with Crippen molar-refractivity contribution < 1.29 is 4.39 Å². The van der Waals surface area contributed by atoms with E-state index in [4.69, 9.17) is 0 Å². The van der Waals surface area contributed by atoms with Gasteiger partial charge in [0.1, 0.15) is 5.67 Å². The summed E-state index contributed by atoms with van der Waals surface area (Å²) in [6, 6.07) is 14.0. The quantitative estimate of drug-likeness (QED) is 0.568. The topological polar surface area (TPSA) is 12.0 Å². The average Bonchev–Trinajstić information content (AvgIpc) is 2.54. The summed E-state index contributed by atoms with van der Waals surface area (Å²) in [5, 5.41) is 3.30. The van der Waals surface area contributed by atoms with Crippen molar-refractivity contribution >= 4 is 17.5 Å². The predicted molar refractivity (Wildman–Crippen MR) is 108 cm³/mol. The van der Waals surface area contributed by atoms with Gasteiger partial charge in [-0.2, -0.15) is 0 Å². The molecule has 132 valence electrons. The predicted octanol–water partition coefficient (Wildman–Crippen LogP) is 7.10. The molecule has 0 heterocycles. The molecule has 0 aliphatic rings. The highest BCUT2D eigenvalue weighted by Crippen LogP contribution is 2.29. The molecule has 0 spiro atoms. The summed E-state index contributed by atoms with van der Waals surface area (Å²) < 4.78 is 14.3. The second-order valence-electron chi connectivity index (χ2n) is 6.98.